The van der Waals surface area contributed by atoms with Gasteiger partial charge in [0.25, 0.3) is 5.89 Å². The normalized spacial score (nSPS) is 15.9. The maximum absolute atomic E-state index is 5.66. The lowest BCUT2D eigenvalue weighted by Gasteiger charge is -2.34. The first-order chi connectivity index (χ1) is 11.4. The van der Waals surface area contributed by atoms with E-state index in [9.17, 15) is 0 Å². The number of nitrogens with zero attached hydrogens (tertiary/aromatic N) is 5. The van der Waals surface area contributed by atoms with Crippen LogP contribution in [0.4, 0.5) is 5.82 Å². The molecule has 0 saturated carbocycles. The average Bonchev–Trinajstić information content (AvgIpc) is 3.28. The molecular formula is C16H17N5O2. The first-order valence-corrected chi connectivity index (χ1v) is 7.63. The summed E-state index contributed by atoms with van der Waals surface area (Å²) in [5, 5.41) is 8.13. The minimum absolute atomic E-state index is 0.428. The molecule has 0 bridgehead atoms. The zero-order chi connectivity index (χ0) is 15.5. The molecule has 1 aliphatic rings. The minimum Gasteiger partial charge on any atom is -0.459 e. The van der Waals surface area contributed by atoms with Crippen molar-refractivity contribution in [1.29, 1.82) is 0 Å². The predicted octanol–water partition coefficient (Wildman–Crippen LogP) is 2.05. The minimum atomic E-state index is 0.428. The number of hydrogen-bond donors (Lipinski definition) is 0. The molecule has 0 spiro atoms. The molecule has 0 unspecified atom stereocenters. The van der Waals surface area contributed by atoms with Crippen LogP contribution in [0.25, 0.3) is 11.7 Å². The van der Waals surface area contributed by atoms with Crippen LogP contribution in [0.1, 0.15) is 5.89 Å². The van der Waals surface area contributed by atoms with Gasteiger partial charge in [0, 0.05) is 32.4 Å². The zero-order valence-electron chi connectivity index (χ0n) is 12.6. The van der Waals surface area contributed by atoms with Crippen LogP contribution in [-0.2, 0) is 6.54 Å². The lowest BCUT2D eigenvalue weighted by Crippen LogP contribution is -2.46. The number of piperazine rings is 1. The fraction of sp³-hybridized carbons (Fsp3) is 0.312. The molecule has 0 N–H and O–H groups in total. The maximum Gasteiger partial charge on any atom is 0.283 e. The van der Waals surface area contributed by atoms with Crippen LogP contribution in [0.3, 0.4) is 0 Å². The molecule has 1 aliphatic heterocycles. The van der Waals surface area contributed by atoms with Crippen molar-refractivity contribution in [3.8, 4) is 11.7 Å². The zero-order valence-corrected chi connectivity index (χ0v) is 12.6. The van der Waals surface area contributed by atoms with Crippen molar-refractivity contribution in [2.24, 2.45) is 0 Å². The van der Waals surface area contributed by atoms with Gasteiger partial charge >= 0.3 is 0 Å². The van der Waals surface area contributed by atoms with Gasteiger partial charge in [-0.15, -0.1) is 10.2 Å². The molecule has 0 amide bonds. The molecular weight excluding hydrogens is 294 g/mol. The van der Waals surface area contributed by atoms with Gasteiger partial charge in [0.1, 0.15) is 5.82 Å². The van der Waals surface area contributed by atoms with Crippen LogP contribution in [0, 0.1) is 0 Å². The molecule has 1 saturated heterocycles. The lowest BCUT2D eigenvalue weighted by atomic mass is 10.3. The van der Waals surface area contributed by atoms with Gasteiger partial charge < -0.3 is 13.7 Å². The molecule has 23 heavy (non-hydrogen) atoms. The van der Waals surface area contributed by atoms with Crippen LogP contribution in [0.15, 0.2) is 51.6 Å². The van der Waals surface area contributed by atoms with Gasteiger partial charge in [-0.1, -0.05) is 6.07 Å². The Kier molecular flexibility index (Phi) is 3.77. The molecule has 7 nitrogen and oxygen atoms in total. The third kappa shape index (κ3) is 3.09. The van der Waals surface area contributed by atoms with E-state index < -0.39 is 0 Å². The Labute approximate surface area is 133 Å². The van der Waals surface area contributed by atoms with Crippen molar-refractivity contribution in [1.82, 2.24) is 20.1 Å². The molecule has 0 atom stereocenters. The topological polar surface area (TPSA) is 71.4 Å². The van der Waals surface area contributed by atoms with E-state index in [-0.39, 0.29) is 0 Å². The van der Waals surface area contributed by atoms with E-state index in [1.54, 1.807) is 12.3 Å². The number of pyridine rings is 1. The summed E-state index contributed by atoms with van der Waals surface area (Å²) in [4.78, 5) is 8.99. The number of aromatic nitrogens is 3. The highest BCUT2D eigenvalue weighted by Gasteiger charge is 2.20. The Morgan fingerprint density at radius 1 is 1.00 bits per heavy atom. The van der Waals surface area contributed by atoms with Crippen LogP contribution in [-0.4, -0.2) is 46.3 Å². The highest BCUT2D eigenvalue weighted by atomic mass is 16.4. The molecule has 4 heterocycles. The molecule has 118 valence electrons. The van der Waals surface area contributed by atoms with Gasteiger partial charge in [-0.2, -0.15) is 0 Å². The van der Waals surface area contributed by atoms with Gasteiger partial charge in [-0.25, -0.2) is 4.98 Å². The second-order valence-corrected chi connectivity index (χ2v) is 5.43. The Bertz CT molecular complexity index is 733. The second kappa shape index (κ2) is 6.21. The van der Waals surface area contributed by atoms with Crippen molar-refractivity contribution in [2.75, 3.05) is 31.1 Å². The summed E-state index contributed by atoms with van der Waals surface area (Å²) >= 11 is 0. The Morgan fingerprint density at radius 3 is 2.65 bits per heavy atom. The van der Waals surface area contributed by atoms with E-state index in [1.807, 2.05) is 30.5 Å². The van der Waals surface area contributed by atoms with E-state index in [4.69, 9.17) is 8.83 Å². The lowest BCUT2D eigenvalue weighted by molar-refractivity contribution is 0.226. The number of rotatable bonds is 4. The van der Waals surface area contributed by atoms with E-state index >= 15 is 0 Å². The van der Waals surface area contributed by atoms with Gasteiger partial charge in [0.2, 0.25) is 5.89 Å². The molecule has 3 aromatic rings. The van der Waals surface area contributed by atoms with Crippen molar-refractivity contribution in [2.45, 2.75) is 6.54 Å². The molecule has 0 aromatic carbocycles. The second-order valence-electron chi connectivity index (χ2n) is 5.43. The monoisotopic (exact) mass is 311 g/mol. The van der Waals surface area contributed by atoms with Gasteiger partial charge in [-0.3, -0.25) is 4.90 Å². The molecule has 3 aromatic heterocycles. The number of anilines is 1. The first-order valence-electron chi connectivity index (χ1n) is 7.63. The van der Waals surface area contributed by atoms with E-state index in [2.05, 4.69) is 25.0 Å². The van der Waals surface area contributed by atoms with Crippen LogP contribution < -0.4 is 4.90 Å². The molecule has 0 radical (unpaired) electrons. The number of furan rings is 1. The van der Waals surface area contributed by atoms with Crippen molar-refractivity contribution in [3.05, 3.63) is 48.7 Å². The molecule has 0 aliphatic carbocycles. The summed E-state index contributed by atoms with van der Waals surface area (Å²) in [6, 6.07) is 9.61. The molecule has 1 fully saturated rings. The van der Waals surface area contributed by atoms with Gasteiger partial charge in [0.15, 0.2) is 5.76 Å². The van der Waals surface area contributed by atoms with Crippen LogP contribution >= 0.6 is 0 Å². The summed E-state index contributed by atoms with van der Waals surface area (Å²) in [5.41, 5.74) is 0. The first kappa shape index (κ1) is 14.0. The van der Waals surface area contributed by atoms with Crippen LogP contribution in [0.5, 0.6) is 0 Å². The largest absolute Gasteiger partial charge is 0.459 e. The Balaban J connectivity index is 1.35. The summed E-state index contributed by atoms with van der Waals surface area (Å²) < 4.78 is 10.9. The third-order valence-corrected chi connectivity index (χ3v) is 3.90. The molecule has 7 heteroatoms. The quantitative estimate of drug-likeness (QED) is 0.730. The van der Waals surface area contributed by atoms with E-state index in [0.29, 0.717) is 24.1 Å². The third-order valence-electron chi connectivity index (χ3n) is 3.90. The summed E-state index contributed by atoms with van der Waals surface area (Å²) in [7, 11) is 0. The fourth-order valence-electron chi connectivity index (χ4n) is 2.68. The number of hydrogen-bond acceptors (Lipinski definition) is 7. The smallest absolute Gasteiger partial charge is 0.283 e. The highest BCUT2D eigenvalue weighted by molar-refractivity contribution is 5.42. The van der Waals surface area contributed by atoms with Crippen molar-refractivity contribution in [3.63, 3.8) is 0 Å². The fourth-order valence-corrected chi connectivity index (χ4v) is 2.68. The summed E-state index contributed by atoms with van der Waals surface area (Å²) in [6.07, 6.45) is 3.42. The van der Waals surface area contributed by atoms with E-state index in [1.165, 1.54) is 0 Å². The van der Waals surface area contributed by atoms with Gasteiger partial charge in [-0.05, 0) is 24.3 Å². The standard InChI is InChI=1S/C16H17N5O2/c1-2-6-17-14(5-1)21-9-7-20(8-10-21)12-15-18-19-16(23-15)13-4-3-11-22-13/h1-6,11H,7-10,12H2. The highest BCUT2D eigenvalue weighted by Crippen LogP contribution is 2.19. The Morgan fingerprint density at radius 2 is 1.91 bits per heavy atom. The van der Waals surface area contributed by atoms with Gasteiger partial charge in [0.05, 0.1) is 12.8 Å². The maximum atomic E-state index is 5.66. The summed E-state index contributed by atoms with van der Waals surface area (Å²) in [5.74, 6) is 2.67. The van der Waals surface area contributed by atoms with Crippen molar-refractivity contribution < 1.29 is 8.83 Å². The average molecular weight is 311 g/mol. The van der Waals surface area contributed by atoms with Crippen molar-refractivity contribution >= 4 is 5.82 Å². The summed E-state index contributed by atoms with van der Waals surface area (Å²) in [6.45, 7) is 4.42. The van der Waals surface area contributed by atoms with Crippen LogP contribution in [0.2, 0.25) is 0 Å². The molecule has 4 rings (SSSR count). The predicted molar refractivity (Wildman–Crippen MR) is 83.7 cm³/mol. The van der Waals surface area contributed by atoms with E-state index in [0.717, 1.165) is 32.0 Å². The Hall–Kier alpha value is -2.67. The SMILES string of the molecule is c1ccc(N2CCN(Cc3nnc(-c4ccco4)o3)CC2)nc1.